The number of aryl methyl sites for hydroxylation is 1. The van der Waals surface area contributed by atoms with Crippen LogP contribution in [0.1, 0.15) is 44.4 Å². The third-order valence-corrected chi connectivity index (χ3v) is 3.15. The van der Waals surface area contributed by atoms with E-state index in [4.69, 9.17) is 4.74 Å². The average Bonchev–Trinajstić information content (AvgIpc) is 2.29. The summed E-state index contributed by atoms with van der Waals surface area (Å²) in [4.78, 5) is 0. The van der Waals surface area contributed by atoms with E-state index in [-0.39, 0.29) is 0 Å². The van der Waals surface area contributed by atoms with Gasteiger partial charge in [-0.05, 0) is 32.8 Å². The van der Waals surface area contributed by atoms with Crippen LogP contribution >= 0.6 is 0 Å². The van der Waals surface area contributed by atoms with Gasteiger partial charge in [-0.25, -0.2) is 0 Å². The van der Waals surface area contributed by atoms with Crippen LogP contribution in [0.4, 0.5) is 0 Å². The lowest BCUT2D eigenvalue weighted by atomic mass is 9.90. The lowest BCUT2D eigenvalue weighted by Gasteiger charge is -2.33. The molecule has 1 aromatic rings. The lowest BCUT2D eigenvalue weighted by molar-refractivity contribution is -0.113. The van der Waals surface area contributed by atoms with Crippen molar-refractivity contribution >= 4 is 0 Å². The summed E-state index contributed by atoms with van der Waals surface area (Å²) in [5, 5.41) is 10.3. The van der Waals surface area contributed by atoms with Crippen molar-refractivity contribution in [1.82, 2.24) is 0 Å². The van der Waals surface area contributed by atoms with Crippen LogP contribution in [0.15, 0.2) is 24.3 Å². The Morgan fingerprint density at radius 2 is 1.81 bits per heavy atom. The van der Waals surface area contributed by atoms with Crippen LogP contribution in [0, 0.1) is 6.92 Å². The van der Waals surface area contributed by atoms with E-state index in [1.165, 1.54) is 5.56 Å². The third-order valence-electron chi connectivity index (χ3n) is 3.15. The van der Waals surface area contributed by atoms with Crippen molar-refractivity contribution in [2.24, 2.45) is 0 Å². The molecule has 90 valence electrons. The van der Waals surface area contributed by atoms with Crippen LogP contribution in [-0.2, 0) is 4.74 Å². The van der Waals surface area contributed by atoms with Gasteiger partial charge in [0.1, 0.15) is 6.10 Å². The van der Waals surface area contributed by atoms with Gasteiger partial charge in [0, 0.05) is 6.61 Å². The van der Waals surface area contributed by atoms with Gasteiger partial charge in [-0.2, -0.15) is 0 Å². The smallest absolute Gasteiger partial charge is 0.108 e. The third kappa shape index (κ3) is 2.83. The number of aliphatic hydroxyl groups excluding tert-OH is 1. The molecule has 1 aromatic carbocycles. The molecule has 1 N–H and O–H groups in total. The molecule has 2 atom stereocenters. The van der Waals surface area contributed by atoms with Crippen LogP contribution in [0.25, 0.3) is 0 Å². The zero-order chi connectivity index (χ0) is 12.2. The van der Waals surface area contributed by atoms with E-state index >= 15 is 0 Å². The van der Waals surface area contributed by atoms with Gasteiger partial charge in [-0.1, -0.05) is 36.8 Å². The highest BCUT2D eigenvalue weighted by Crippen LogP contribution is 2.32. The molecule has 0 radical (unpaired) electrons. The van der Waals surface area contributed by atoms with Gasteiger partial charge < -0.3 is 9.84 Å². The van der Waals surface area contributed by atoms with Crippen LogP contribution in [0.3, 0.4) is 0 Å². The first-order valence-corrected chi connectivity index (χ1v) is 5.92. The monoisotopic (exact) mass is 222 g/mol. The summed E-state index contributed by atoms with van der Waals surface area (Å²) in [6.45, 7) is 8.61. The van der Waals surface area contributed by atoms with E-state index in [1.807, 2.05) is 52.0 Å². The Bertz CT molecular complexity index is 318. The number of aliphatic hydroxyl groups is 1. The quantitative estimate of drug-likeness (QED) is 0.828. The van der Waals surface area contributed by atoms with E-state index in [0.29, 0.717) is 6.61 Å². The number of hydrogen-bond donors (Lipinski definition) is 1. The minimum atomic E-state index is -0.571. The Kier molecular flexibility index (Phi) is 4.51. The first-order chi connectivity index (χ1) is 7.53. The molecule has 0 saturated heterocycles. The van der Waals surface area contributed by atoms with Crippen LogP contribution in [-0.4, -0.2) is 17.3 Å². The van der Waals surface area contributed by atoms with Gasteiger partial charge in [0.15, 0.2) is 0 Å². The Labute approximate surface area is 98.3 Å². The summed E-state index contributed by atoms with van der Waals surface area (Å²) in [6, 6.07) is 7.96. The molecule has 0 amide bonds. The second kappa shape index (κ2) is 5.46. The first kappa shape index (κ1) is 13.2. The number of hydrogen-bond acceptors (Lipinski definition) is 2. The summed E-state index contributed by atoms with van der Waals surface area (Å²) in [7, 11) is 0. The molecule has 0 bridgehead atoms. The Balaban J connectivity index is 2.90. The molecule has 0 fully saturated rings. The maximum Gasteiger partial charge on any atom is 0.108 e. The molecule has 0 saturated carbocycles. The number of rotatable bonds is 5. The molecule has 0 aliphatic rings. The Hall–Kier alpha value is -0.860. The van der Waals surface area contributed by atoms with E-state index < -0.39 is 11.7 Å². The zero-order valence-corrected chi connectivity index (χ0v) is 10.7. The van der Waals surface area contributed by atoms with Gasteiger partial charge in [0.25, 0.3) is 0 Å². The second-order valence-corrected chi connectivity index (χ2v) is 4.41. The summed E-state index contributed by atoms with van der Waals surface area (Å²) in [5.41, 5.74) is 1.62. The van der Waals surface area contributed by atoms with E-state index in [9.17, 15) is 5.11 Å². The van der Waals surface area contributed by atoms with Crippen molar-refractivity contribution in [2.45, 2.75) is 45.8 Å². The lowest BCUT2D eigenvalue weighted by Crippen LogP contribution is -2.35. The van der Waals surface area contributed by atoms with Crippen molar-refractivity contribution < 1.29 is 9.84 Å². The van der Waals surface area contributed by atoms with Crippen LogP contribution < -0.4 is 0 Å². The first-order valence-electron chi connectivity index (χ1n) is 5.92. The molecule has 16 heavy (non-hydrogen) atoms. The normalized spacial score (nSPS) is 16.8. The summed E-state index contributed by atoms with van der Waals surface area (Å²) >= 11 is 0. The summed E-state index contributed by atoms with van der Waals surface area (Å²) < 4.78 is 5.68. The van der Waals surface area contributed by atoms with Gasteiger partial charge in [0.05, 0.1) is 5.60 Å². The summed E-state index contributed by atoms with van der Waals surface area (Å²) in [6.07, 6.45) is 0.216. The fraction of sp³-hybridized carbons (Fsp3) is 0.571. The van der Waals surface area contributed by atoms with Crippen LogP contribution in [0.5, 0.6) is 0 Å². The minimum absolute atomic E-state index is 0.496. The van der Waals surface area contributed by atoms with E-state index in [2.05, 4.69) is 0 Å². The molecule has 0 spiro atoms. The van der Waals surface area contributed by atoms with Gasteiger partial charge in [0.2, 0.25) is 0 Å². The molecule has 2 unspecified atom stereocenters. The maximum atomic E-state index is 10.3. The molecular formula is C14H22O2. The molecular weight excluding hydrogens is 200 g/mol. The standard InChI is InChI=1S/C14H22O2/c1-5-14(4,16-6-2)13(15)12-9-7-11(3)8-10-12/h7-10,13,15H,5-6H2,1-4H3. The van der Waals surface area contributed by atoms with E-state index in [1.54, 1.807) is 0 Å². The molecule has 0 aliphatic heterocycles. The van der Waals surface area contributed by atoms with Gasteiger partial charge >= 0.3 is 0 Å². The minimum Gasteiger partial charge on any atom is -0.385 e. The zero-order valence-electron chi connectivity index (χ0n) is 10.7. The predicted octanol–water partition coefficient (Wildman–Crippen LogP) is 3.23. The average molecular weight is 222 g/mol. The van der Waals surface area contributed by atoms with Crippen molar-refractivity contribution in [1.29, 1.82) is 0 Å². The highest BCUT2D eigenvalue weighted by molar-refractivity contribution is 5.24. The largest absolute Gasteiger partial charge is 0.385 e. The van der Waals surface area contributed by atoms with Crippen molar-refractivity contribution in [2.75, 3.05) is 6.61 Å². The molecule has 1 rings (SSSR count). The topological polar surface area (TPSA) is 29.5 Å². The van der Waals surface area contributed by atoms with Crippen molar-refractivity contribution in [3.8, 4) is 0 Å². The highest BCUT2D eigenvalue weighted by atomic mass is 16.5. The Morgan fingerprint density at radius 3 is 2.25 bits per heavy atom. The van der Waals surface area contributed by atoms with Gasteiger partial charge in [-0.3, -0.25) is 0 Å². The summed E-state index contributed by atoms with van der Waals surface area (Å²) in [5.74, 6) is 0. The molecule has 2 nitrogen and oxygen atoms in total. The second-order valence-electron chi connectivity index (χ2n) is 4.41. The molecule has 0 heterocycles. The molecule has 0 aromatic heterocycles. The van der Waals surface area contributed by atoms with Crippen LogP contribution in [0.2, 0.25) is 0 Å². The number of benzene rings is 1. The molecule has 2 heteroatoms. The fourth-order valence-corrected chi connectivity index (χ4v) is 1.81. The fourth-order valence-electron chi connectivity index (χ4n) is 1.81. The van der Waals surface area contributed by atoms with Crippen molar-refractivity contribution in [3.63, 3.8) is 0 Å². The number of ether oxygens (including phenoxy) is 1. The van der Waals surface area contributed by atoms with Gasteiger partial charge in [-0.15, -0.1) is 0 Å². The van der Waals surface area contributed by atoms with E-state index in [0.717, 1.165) is 12.0 Å². The SMILES string of the molecule is CCOC(C)(CC)C(O)c1ccc(C)cc1. The highest BCUT2D eigenvalue weighted by Gasteiger charge is 2.32. The maximum absolute atomic E-state index is 10.3. The Morgan fingerprint density at radius 1 is 1.25 bits per heavy atom. The predicted molar refractivity (Wildman–Crippen MR) is 66.5 cm³/mol. The van der Waals surface area contributed by atoms with Crippen molar-refractivity contribution in [3.05, 3.63) is 35.4 Å². The molecule has 0 aliphatic carbocycles.